The molecule has 7 nitrogen and oxygen atoms in total. The summed E-state index contributed by atoms with van der Waals surface area (Å²) in [6.07, 6.45) is 0.981. The number of nitrogens with two attached hydrogens (primary N) is 1. The molecule has 0 aliphatic carbocycles. The van der Waals surface area contributed by atoms with Crippen molar-refractivity contribution >= 4 is 23.5 Å². The van der Waals surface area contributed by atoms with Crippen molar-refractivity contribution in [2.24, 2.45) is 0 Å². The first kappa shape index (κ1) is 17.9. The van der Waals surface area contributed by atoms with Crippen LogP contribution in [0.1, 0.15) is 26.7 Å². The highest BCUT2D eigenvalue weighted by molar-refractivity contribution is 6.21. The van der Waals surface area contributed by atoms with E-state index >= 15 is 0 Å². The zero-order chi connectivity index (χ0) is 17.5. The van der Waals surface area contributed by atoms with Crippen molar-refractivity contribution in [3.05, 3.63) is 24.3 Å². The average molecular weight is 335 g/mol. The average Bonchev–Trinajstić information content (AvgIpc) is 2.86. The Bertz CT molecular complexity index is 600. The highest BCUT2D eigenvalue weighted by atomic mass is 16.5. The van der Waals surface area contributed by atoms with Gasteiger partial charge < -0.3 is 14.8 Å². The van der Waals surface area contributed by atoms with Crippen LogP contribution in [-0.4, -0.2) is 43.6 Å². The Morgan fingerprint density at radius 3 is 2.58 bits per heavy atom. The molecule has 1 heterocycles. The molecule has 0 radical (unpaired) electrons. The predicted molar refractivity (Wildman–Crippen MR) is 86.6 cm³/mol. The molecule has 1 atom stereocenters. The molecule has 0 unspecified atom stereocenters. The number of rotatable bonds is 8. The molecule has 1 aliphatic rings. The number of amides is 2. The third-order valence-corrected chi connectivity index (χ3v) is 3.62. The molecule has 0 aromatic heterocycles. The normalized spacial score (nSPS) is 17.2. The largest absolute Gasteiger partial charge is 0.494 e. The summed E-state index contributed by atoms with van der Waals surface area (Å²) in [4.78, 5) is 37.1. The highest BCUT2D eigenvalue weighted by Gasteiger charge is 2.42. The van der Waals surface area contributed by atoms with Gasteiger partial charge in [0.05, 0.1) is 25.3 Å². The van der Waals surface area contributed by atoms with E-state index in [0.717, 1.165) is 11.3 Å². The molecule has 0 bridgehead atoms. The van der Waals surface area contributed by atoms with Crippen LogP contribution < -0.4 is 15.0 Å². The summed E-state index contributed by atoms with van der Waals surface area (Å²) in [5.41, 5.74) is 0.515. The third kappa shape index (κ3) is 4.32. The minimum absolute atomic E-state index is 0.0230. The molecule has 1 aromatic rings. The van der Waals surface area contributed by atoms with E-state index in [1.807, 2.05) is 6.92 Å². The summed E-state index contributed by atoms with van der Waals surface area (Å²) in [5.74, 6) is -0.280. The maximum Gasteiger partial charge on any atom is 0.361 e. The molecule has 7 heteroatoms. The Balaban J connectivity index is 1.99. The fourth-order valence-electron chi connectivity index (χ4n) is 2.48. The third-order valence-electron chi connectivity index (χ3n) is 3.62. The smallest absolute Gasteiger partial charge is 0.361 e. The maximum absolute atomic E-state index is 12.4. The second-order valence-corrected chi connectivity index (χ2v) is 5.47. The van der Waals surface area contributed by atoms with Gasteiger partial charge in [0.15, 0.2) is 12.6 Å². The molecule has 2 amide bonds. The SMILES string of the molecule is CCCOc1ccc(N2C(=O)C[C@@H]([NH2+]CC(=O)OCC)C2=O)cc1. The molecule has 24 heavy (non-hydrogen) atoms. The summed E-state index contributed by atoms with van der Waals surface area (Å²) in [7, 11) is 0. The molecule has 0 saturated carbocycles. The van der Waals surface area contributed by atoms with Gasteiger partial charge in [-0.3, -0.25) is 9.59 Å². The number of hydrogen-bond acceptors (Lipinski definition) is 5. The monoisotopic (exact) mass is 335 g/mol. The molecule has 1 saturated heterocycles. The van der Waals surface area contributed by atoms with E-state index in [2.05, 4.69) is 0 Å². The number of esters is 1. The van der Waals surface area contributed by atoms with Gasteiger partial charge in [-0.05, 0) is 37.6 Å². The molecule has 1 fully saturated rings. The maximum atomic E-state index is 12.4. The zero-order valence-electron chi connectivity index (χ0n) is 14.0. The van der Waals surface area contributed by atoms with Crippen molar-refractivity contribution in [2.75, 3.05) is 24.7 Å². The van der Waals surface area contributed by atoms with Crippen LogP contribution in [0.3, 0.4) is 0 Å². The van der Waals surface area contributed by atoms with Crippen LogP contribution in [-0.2, 0) is 19.1 Å². The van der Waals surface area contributed by atoms with Gasteiger partial charge in [0.25, 0.3) is 5.91 Å². The zero-order valence-corrected chi connectivity index (χ0v) is 14.0. The van der Waals surface area contributed by atoms with Crippen LogP contribution in [0, 0.1) is 0 Å². The minimum Gasteiger partial charge on any atom is -0.494 e. The Morgan fingerprint density at radius 1 is 1.25 bits per heavy atom. The van der Waals surface area contributed by atoms with Gasteiger partial charge in [-0.25, -0.2) is 9.69 Å². The molecule has 2 rings (SSSR count). The lowest BCUT2D eigenvalue weighted by molar-refractivity contribution is -0.665. The molecular weight excluding hydrogens is 312 g/mol. The minimum atomic E-state index is -0.585. The Hall–Kier alpha value is -2.41. The standard InChI is InChI=1S/C17H22N2O5/c1-3-9-24-13-7-5-12(6-8-13)19-15(20)10-14(17(19)22)18-11-16(21)23-4-2/h5-8,14,18H,3-4,9-11H2,1-2H3/p+1/t14-/m1/s1. The van der Waals surface area contributed by atoms with Crippen molar-refractivity contribution in [2.45, 2.75) is 32.7 Å². The summed E-state index contributed by atoms with van der Waals surface area (Å²) in [6, 6.07) is 6.27. The van der Waals surface area contributed by atoms with Gasteiger partial charge in [0, 0.05) is 0 Å². The summed E-state index contributed by atoms with van der Waals surface area (Å²) < 4.78 is 10.3. The van der Waals surface area contributed by atoms with Gasteiger partial charge in [-0.2, -0.15) is 0 Å². The topological polar surface area (TPSA) is 89.5 Å². The van der Waals surface area contributed by atoms with Gasteiger partial charge in [-0.15, -0.1) is 0 Å². The molecule has 2 N–H and O–H groups in total. The first-order valence-corrected chi connectivity index (χ1v) is 8.15. The van der Waals surface area contributed by atoms with Crippen molar-refractivity contribution < 1.29 is 29.2 Å². The number of imide groups is 1. The fraction of sp³-hybridized carbons (Fsp3) is 0.471. The number of quaternary nitrogens is 1. The predicted octanol–water partition coefficient (Wildman–Crippen LogP) is 0.234. The fourth-order valence-corrected chi connectivity index (χ4v) is 2.48. The van der Waals surface area contributed by atoms with Crippen molar-refractivity contribution in [3.8, 4) is 5.75 Å². The number of hydrogen-bond donors (Lipinski definition) is 1. The van der Waals surface area contributed by atoms with E-state index in [1.165, 1.54) is 0 Å². The number of ether oxygens (including phenoxy) is 2. The van der Waals surface area contributed by atoms with Crippen LogP contribution in [0.5, 0.6) is 5.75 Å². The van der Waals surface area contributed by atoms with Gasteiger partial charge in [-0.1, -0.05) is 6.92 Å². The molecule has 1 aromatic carbocycles. The number of nitrogens with zero attached hydrogens (tertiary/aromatic N) is 1. The van der Waals surface area contributed by atoms with Crippen LogP contribution in [0.2, 0.25) is 0 Å². The Kier molecular flexibility index (Phi) is 6.31. The lowest BCUT2D eigenvalue weighted by Crippen LogP contribution is -2.93. The lowest BCUT2D eigenvalue weighted by atomic mass is 10.2. The van der Waals surface area contributed by atoms with E-state index in [4.69, 9.17) is 9.47 Å². The molecular formula is C17H23N2O5+. The lowest BCUT2D eigenvalue weighted by Gasteiger charge is -2.15. The van der Waals surface area contributed by atoms with E-state index in [-0.39, 0.29) is 24.8 Å². The summed E-state index contributed by atoms with van der Waals surface area (Å²) >= 11 is 0. The summed E-state index contributed by atoms with van der Waals surface area (Å²) in [6.45, 7) is 4.67. The number of benzene rings is 1. The molecule has 1 aliphatic heterocycles. The quantitative estimate of drug-likeness (QED) is 0.543. The van der Waals surface area contributed by atoms with Gasteiger partial charge in [0.2, 0.25) is 5.91 Å². The number of anilines is 1. The van der Waals surface area contributed by atoms with E-state index in [1.54, 1.807) is 36.5 Å². The number of carbonyl (C=O) groups excluding carboxylic acids is 3. The van der Waals surface area contributed by atoms with Crippen molar-refractivity contribution in [3.63, 3.8) is 0 Å². The molecule has 0 spiro atoms. The van der Waals surface area contributed by atoms with Crippen molar-refractivity contribution in [1.29, 1.82) is 0 Å². The first-order chi connectivity index (χ1) is 11.6. The Labute approximate surface area is 140 Å². The second kappa shape index (κ2) is 8.44. The highest BCUT2D eigenvalue weighted by Crippen LogP contribution is 2.24. The Morgan fingerprint density at radius 2 is 1.96 bits per heavy atom. The van der Waals surface area contributed by atoms with E-state index in [9.17, 15) is 14.4 Å². The van der Waals surface area contributed by atoms with Crippen LogP contribution >= 0.6 is 0 Å². The van der Waals surface area contributed by atoms with E-state index < -0.39 is 12.0 Å². The van der Waals surface area contributed by atoms with Crippen LogP contribution in [0.4, 0.5) is 5.69 Å². The van der Waals surface area contributed by atoms with E-state index in [0.29, 0.717) is 24.7 Å². The van der Waals surface area contributed by atoms with Crippen LogP contribution in [0.15, 0.2) is 24.3 Å². The summed E-state index contributed by atoms with van der Waals surface area (Å²) in [5, 5.41) is 1.55. The van der Waals surface area contributed by atoms with Crippen molar-refractivity contribution in [1.82, 2.24) is 0 Å². The van der Waals surface area contributed by atoms with Gasteiger partial charge >= 0.3 is 5.97 Å². The van der Waals surface area contributed by atoms with Gasteiger partial charge in [0.1, 0.15) is 5.75 Å². The number of carbonyl (C=O) groups is 3. The first-order valence-electron chi connectivity index (χ1n) is 8.15. The second-order valence-electron chi connectivity index (χ2n) is 5.47. The molecule has 130 valence electrons. The van der Waals surface area contributed by atoms with Crippen LogP contribution in [0.25, 0.3) is 0 Å².